The Hall–Kier alpha value is -0.840. The molecule has 4 heteroatoms. The molecule has 0 saturated carbocycles. The topological polar surface area (TPSA) is 9.23 Å². The van der Waals surface area contributed by atoms with Crippen LogP contribution in [0.3, 0.4) is 0 Å². The first-order valence-corrected chi connectivity index (χ1v) is 10.4. The third kappa shape index (κ3) is 7.97. The average molecular weight is 402 g/mol. The zero-order valence-corrected chi connectivity index (χ0v) is 19.3. The normalized spacial score (nSPS) is 10.3. The number of unbranched alkanes of at least 4 members (excludes halogenated alkanes) is 2. The first kappa shape index (κ1) is 22.4. The SMILES string of the molecule is [CH2-]CCC[CH-]Oc1cccc(Sc2cccc(Sc3ccccc3)c2)c1.[Na+]. The third-order valence-electron chi connectivity index (χ3n) is 3.62. The van der Waals surface area contributed by atoms with Crippen molar-refractivity contribution in [3.05, 3.63) is 92.4 Å². The van der Waals surface area contributed by atoms with Crippen molar-refractivity contribution in [2.24, 2.45) is 0 Å². The van der Waals surface area contributed by atoms with Gasteiger partial charge in [0.05, 0.1) is 5.75 Å². The molecule has 0 amide bonds. The molecule has 0 spiro atoms. The van der Waals surface area contributed by atoms with Crippen LogP contribution in [0.2, 0.25) is 0 Å². The van der Waals surface area contributed by atoms with Gasteiger partial charge in [0, 0.05) is 19.6 Å². The van der Waals surface area contributed by atoms with Gasteiger partial charge in [0.15, 0.2) is 0 Å². The predicted molar refractivity (Wildman–Crippen MR) is 112 cm³/mol. The summed E-state index contributed by atoms with van der Waals surface area (Å²) in [4.78, 5) is 4.90. The van der Waals surface area contributed by atoms with Gasteiger partial charge in [-0.2, -0.15) is 13.0 Å². The second-order valence-electron chi connectivity index (χ2n) is 5.75. The van der Waals surface area contributed by atoms with Crippen LogP contribution in [0, 0.1) is 13.5 Å². The van der Waals surface area contributed by atoms with Gasteiger partial charge in [-0.3, -0.25) is 0 Å². The van der Waals surface area contributed by atoms with Crippen LogP contribution < -0.4 is 34.3 Å². The summed E-state index contributed by atoms with van der Waals surface area (Å²) >= 11 is 3.54. The summed E-state index contributed by atoms with van der Waals surface area (Å²) in [6.07, 6.45) is 2.92. The Morgan fingerprint density at radius 3 is 2.04 bits per heavy atom. The fraction of sp³-hybridized carbons (Fsp3) is 0.130. The summed E-state index contributed by atoms with van der Waals surface area (Å²) in [5, 5.41) is 0. The smallest absolute Gasteiger partial charge is 0.662 e. The van der Waals surface area contributed by atoms with Crippen LogP contribution in [-0.4, -0.2) is 0 Å². The molecule has 0 unspecified atom stereocenters. The van der Waals surface area contributed by atoms with Crippen LogP contribution >= 0.6 is 23.5 Å². The first-order chi connectivity index (χ1) is 12.8. The molecule has 134 valence electrons. The van der Waals surface area contributed by atoms with E-state index in [1.165, 1.54) is 19.6 Å². The molecule has 0 N–H and O–H groups in total. The monoisotopic (exact) mass is 401 g/mol. The average Bonchev–Trinajstić information content (AvgIpc) is 2.67. The Morgan fingerprint density at radius 2 is 1.33 bits per heavy atom. The Labute approximate surface area is 193 Å². The largest absolute Gasteiger partial charge is 1.00 e. The maximum Gasteiger partial charge on any atom is 1.00 e. The van der Waals surface area contributed by atoms with E-state index in [1.54, 1.807) is 23.5 Å². The van der Waals surface area contributed by atoms with Crippen LogP contribution in [0.15, 0.2) is 98.4 Å². The molecular formula is C23H22NaOS2-. The van der Waals surface area contributed by atoms with Gasteiger partial charge in [-0.05, 0) is 48.5 Å². The number of benzene rings is 3. The molecule has 0 fully saturated rings. The number of hydrogen-bond acceptors (Lipinski definition) is 3. The van der Waals surface area contributed by atoms with Crippen molar-refractivity contribution in [1.29, 1.82) is 0 Å². The molecule has 3 rings (SSSR count). The molecule has 0 aliphatic heterocycles. The summed E-state index contributed by atoms with van der Waals surface area (Å²) in [6.45, 7) is 5.71. The van der Waals surface area contributed by atoms with Gasteiger partial charge in [0.2, 0.25) is 0 Å². The summed E-state index contributed by atoms with van der Waals surface area (Å²) in [5.41, 5.74) is 0. The van der Waals surface area contributed by atoms with Crippen LogP contribution in [0.5, 0.6) is 5.75 Å². The van der Waals surface area contributed by atoms with E-state index in [1.807, 2.05) is 24.8 Å². The maximum absolute atomic E-state index is 5.72. The molecule has 0 radical (unpaired) electrons. The van der Waals surface area contributed by atoms with E-state index in [-0.39, 0.29) is 29.6 Å². The molecule has 0 aromatic heterocycles. The van der Waals surface area contributed by atoms with Gasteiger partial charge in [-0.25, -0.2) is 0 Å². The molecule has 3 aromatic carbocycles. The second kappa shape index (κ2) is 12.6. The van der Waals surface area contributed by atoms with Crippen LogP contribution in [0.1, 0.15) is 19.3 Å². The molecule has 0 saturated heterocycles. The number of hydrogen-bond donors (Lipinski definition) is 0. The molecule has 3 aromatic rings. The first-order valence-electron chi connectivity index (χ1n) is 8.72. The molecule has 0 bridgehead atoms. The van der Waals surface area contributed by atoms with E-state index in [0.29, 0.717) is 0 Å². The van der Waals surface area contributed by atoms with Crippen molar-refractivity contribution in [1.82, 2.24) is 0 Å². The van der Waals surface area contributed by atoms with E-state index < -0.39 is 0 Å². The van der Waals surface area contributed by atoms with E-state index in [0.717, 1.165) is 25.0 Å². The molecule has 0 atom stereocenters. The molecule has 0 heterocycles. The van der Waals surface area contributed by atoms with Gasteiger partial charge < -0.3 is 11.7 Å². The van der Waals surface area contributed by atoms with Crippen molar-refractivity contribution in [3.63, 3.8) is 0 Å². The number of ether oxygens (including phenoxy) is 1. The van der Waals surface area contributed by atoms with Crippen molar-refractivity contribution in [2.75, 3.05) is 0 Å². The molecule has 1 nitrogen and oxygen atoms in total. The Morgan fingerprint density at radius 1 is 0.741 bits per heavy atom. The Bertz CT molecular complexity index is 808. The predicted octanol–water partition coefficient (Wildman–Crippen LogP) is 4.54. The minimum atomic E-state index is 0. The van der Waals surface area contributed by atoms with Gasteiger partial charge in [0.25, 0.3) is 0 Å². The molecule has 27 heavy (non-hydrogen) atoms. The van der Waals surface area contributed by atoms with Crippen molar-refractivity contribution >= 4 is 23.5 Å². The van der Waals surface area contributed by atoms with Crippen molar-refractivity contribution < 1.29 is 34.3 Å². The molecule has 0 aliphatic rings. The third-order valence-corrected chi connectivity index (χ3v) is 5.59. The fourth-order valence-electron chi connectivity index (χ4n) is 2.36. The summed E-state index contributed by atoms with van der Waals surface area (Å²) in [6, 6.07) is 27.3. The molecule has 0 aliphatic carbocycles. The zero-order chi connectivity index (χ0) is 18.0. The standard InChI is InChI=1S/C23H22OS2.Na/c1-2-3-7-16-24-19-10-8-13-21(17-19)26-23-15-9-14-22(18-23)25-20-11-5-4-6-12-20;/h4-6,8-18H,1-3,7H2;/q-2;+1. The maximum atomic E-state index is 5.72. The minimum Gasteiger partial charge on any atom is -0.662 e. The fourth-order valence-corrected chi connectivity index (χ4v) is 4.25. The van der Waals surface area contributed by atoms with Crippen molar-refractivity contribution in [2.45, 2.75) is 38.8 Å². The minimum absolute atomic E-state index is 0. The van der Waals surface area contributed by atoms with E-state index in [2.05, 4.69) is 67.6 Å². The van der Waals surface area contributed by atoms with Crippen molar-refractivity contribution in [3.8, 4) is 5.75 Å². The van der Waals surface area contributed by atoms with Gasteiger partial charge in [-0.15, -0.1) is 12.8 Å². The van der Waals surface area contributed by atoms with Crippen LogP contribution in [-0.2, 0) is 0 Å². The van der Waals surface area contributed by atoms with Gasteiger partial charge in [-0.1, -0.05) is 53.9 Å². The van der Waals surface area contributed by atoms with E-state index in [4.69, 9.17) is 4.74 Å². The molecular weight excluding hydrogens is 379 g/mol. The zero-order valence-electron chi connectivity index (χ0n) is 15.6. The van der Waals surface area contributed by atoms with Gasteiger partial charge >= 0.3 is 29.6 Å². The quantitative estimate of drug-likeness (QED) is 0.296. The number of rotatable bonds is 9. The van der Waals surface area contributed by atoms with Crippen LogP contribution in [0.25, 0.3) is 0 Å². The summed E-state index contributed by atoms with van der Waals surface area (Å²) in [7, 11) is 0. The van der Waals surface area contributed by atoms with Crippen LogP contribution in [0.4, 0.5) is 0 Å². The van der Waals surface area contributed by atoms with E-state index >= 15 is 0 Å². The summed E-state index contributed by atoms with van der Waals surface area (Å²) in [5.74, 6) is 0.883. The Kier molecular flexibility index (Phi) is 10.5. The Balaban J connectivity index is 0.00000261. The van der Waals surface area contributed by atoms with Gasteiger partial charge in [0.1, 0.15) is 0 Å². The summed E-state index contributed by atoms with van der Waals surface area (Å²) < 4.78 is 5.72. The van der Waals surface area contributed by atoms with E-state index in [9.17, 15) is 0 Å². The second-order valence-corrected chi connectivity index (χ2v) is 8.04.